The zero-order valence-electron chi connectivity index (χ0n) is 11.3. The van der Waals surface area contributed by atoms with Gasteiger partial charge in [0, 0.05) is 29.9 Å². The van der Waals surface area contributed by atoms with Crippen molar-refractivity contribution in [1.29, 1.82) is 5.41 Å². The third-order valence-electron chi connectivity index (χ3n) is 3.56. The van der Waals surface area contributed by atoms with Crippen molar-refractivity contribution in [2.75, 3.05) is 18.4 Å². The highest BCUT2D eigenvalue weighted by molar-refractivity contribution is 6.31. The van der Waals surface area contributed by atoms with Crippen molar-refractivity contribution < 1.29 is 9.90 Å². The minimum atomic E-state index is -0.188. The monoisotopic (exact) mass is 281 g/mol. The predicted octanol–water partition coefficient (Wildman–Crippen LogP) is 1.72. The second-order valence-corrected chi connectivity index (χ2v) is 4.85. The first-order chi connectivity index (χ1) is 10.1. The van der Waals surface area contributed by atoms with E-state index in [1.165, 1.54) is 6.07 Å². The molecule has 1 aliphatic carbocycles. The third-order valence-corrected chi connectivity index (χ3v) is 3.56. The van der Waals surface area contributed by atoms with E-state index in [2.05, 4.69) is 5.32 Å². The molecule has 0 bridgehead atoms. The van der Waals surface area contributed by atoms with Crippen LogP contribution < -0.4 is 11.1 Å². The highest BCUT2D eigenvalue weighted by Gasteiger charge is 2.31. The Kier molecular flexibility index (Phi) is 3.19. The van der Waals surface area contributed by atoms with E-state index in [1.807, 2.05) is 0 Å². The number of phenols is 1. The SMILES string of the molecule is N=C1c2ccccc2C(=O)c2c(NCCN)ccc(O)c21. The number of benzene rings is 2. The maximum atomic E-state index is 12.7. The molecule has 0 radical (unpaired) electrons. The number of aromatic hydroxyl groups is 1. The van der Waals surface area contributed by atoms with Gasteiger partial charge >= 0.3 is 0 Å². The van der Waals surface area contributed by atoms with Gasteiger partial charge in [-0.2, -0.15) is 0 Å². The van der Waals surface area contributed by atoms with Gasteiger partial charge in [0.05, 0.1) is 16.8 Å². The summed E-state index contributed by atoms with van der Waals surface area (Å²) < 4.78 is 0. The summed E-state index contributed by atoms with van der Waals surface area (Å²) in [4.78, 5) is 12.7. The van der Waals surface area contributed by atoms with Crippen molar-refractivity contribution in [2.24, 2.45) is 5.73 Å². The molecule has 0 amide bonds. The highest BCUT2D eigenvalue weighted by Crippen LogP contribution is 2.36. The van der Waals surface area contributed by atoms with E-state index >= 15 is 0 Å². The fraction of sp³-hybridized carbons (Fsp3) is 0.125. The number of ketones is 1. The van der Waals surface area contributed by atoms with Crippen LogP contribution in [0, 0.1) is 5.41 Å². The van der Waals surface area contributed by atoms with Gasteiger partial charge < -0.3 is 16.2 Å². The molecule has 5 N–H and O–H groups in total. The number of anilines is 1. The Bertz CT molecular complexity index is 753. The molecule has 5 heteroatoms. The van der Waals surface area contributed by atoms with E-state index in [4.69, 9.17) is 11.1 Å². The Hall–Kier alpha value is -2.66. The smallest absolute Gasteiger partial charge is 0.196 e. The van der Waals surface area contributed by atoms with E-state index in [-0.39, 0.29) is 22.8 Å². The van der Waals surface area contributed by atoms with Crippen molar-refractivity contribution in [3.8, 4) is 5.75 Å². The topological polar surface area (TPSA) is 99.2 Å². The molecule has 0 aliphatic heterocycles. The van der Waals surface area contributed by atoms with Gasteiger partial charge in [-0.05, 0) is 12.1 Å². The second kappa shape index (κ2) is 5.03. The van der Waals surface area contributed by atoms with Crippen LogP contribution in [0.2, 0.25) is 0 Å². The number of nitrogens with one attached hydrogen (secondary N) is 2. The van der Waals surface area contributed by atoms with Crippen molar-refractivity contribution in [3.63, 3.8) is 0 Å². The van der Waals surface area contributed by atoms with Crippen LogP contribution >= 0.6 is 0 Å². The van der Waals surface area contributed by atoms with Crippen molar-refractivity contribution in [3.05, 3.63) is 58.7 Å². The van der Waals surface area contributed by atoms with E-state index in [0.29, 0.717) is 35.5 Å². The van der Waals surface area contributed by atoms with E-state index in [9.17, 15) is 9.90 Å². The van der Waals surface area contributed by atoms with Crippen molar-refractivity contribution >= 4 is 17.2 Å². The maximum absolute atomic E-state index is 12.7. The minimum Gasteiger partial charge on any atom is -0.507 e. The zero-order chi connectivity index (χ0) is 15.0. The third kappa shape index (κ3) is 1.98. The molecule has 0 aromatic heterocycles. The number of fused-ring (bicyclic) bond motifs is 2. The lowest BCUT2D eigenvalue weighted by molar-refractivity contribution is 0.103. The van der Waals surface area contributed by atoms with Gasteiger partial charge in [0.2, 0.25) is 0 Å². The zero-order valence-corrected chi connectivity index (χ0v) is 11.3. The molecule has 106 valence electrons. The molecule has 3 rings (SSSR count). The quantitative estimate of drug-likeness (QED) is 0.549. The van der Waals surface area contributed by atoms with E-state index in [0.717, 1.165) is 0 Å². The summed E-state index contributed by atoms with van der Waals surface area (Å²) in [6.07, 6.45) is 0. The van der Waals surface area contributed by atoms with Gasteiger partial charge in [0.25, 0.3) is 0 Å². The molecule has 0 spiro atoms. The summed E-state index contributed by atoms with van der Waals surface area (Å²) in [5, 5.41) is 21.4. The predicted molar refractivity (Wildman–Crippen MR) is 81.5 cm³/mol. The van der Waals surface area contributed by atoms with Gasteiger partial charge in [0.15, 0.2) is 5.78 Å². The fourth-order valence-corrected chi connectivity index (χ4v) is 2.60. The van der Waals surface area contributed by atoms with Crippen LogP contribution in [0.5, 0.6) is 5.75 Å². The Balaban J connectivity index is 2.24. The largest absolute Gasteiger partial charge is 0.507 e. The van der Waals surface area contributed by atoms with Gasteiger partial charge in [-0.25, -0.2) is 0 Å². The Morgan fingerprint density at radius 2 is 1.81 bits per heavy atom. The lowest BCUT2D eigenvalue weighted by Gasteiger charge is -2.23. The average molecular weight is 281 g/mol. The number of rotatable bonds is 3. The van der Waals surface area contributed by atoms with E-state index < -0.39 is 0 Å². The fourth-order valence-electron chi connectivity index (χ4n) is 2.60. The molecule has 0 heterocycles. The molecule has 2 aromatic carbocycles. The molecular weight excluding hydrogens is 266 g/mol. The Morgan fingerprint density at radius 1 is 1.10 bits per heavy atom. The summed E-state index contributed by atoms with van der Waals surface area (Å²) in [6, 6.07) is 10.1. The summed E-state index contributed by atoms with van der Waals surface area (Å²) in [5.74, 6) is -0.247. The maximum Gasteiger partial charge on any atom is 0.196 e. The summed E-state index contributed by atoms with van der Waals surface area (Å²) in [6.45, 7) is 0.942. The van der Waals surface area contributed by atoms with Crippen LogP contribution in [0.4, 0.5) is 5.69 Å². The van der Waals surface area contributed by atoms with Crippen LogP contribution in [0.1, 0.15) is 27.0 Å². The summed E-state index contributed by atoms with van der Waals surface area (Å²) in [5.41, 5.74) is 7.88. The lowest BCUT2D eigenvalue weighted by Crippen LogP contribution is -2.23. The molecule has 0 saturated carbocycles. The van der Waals surface area contributed by atoms with Crippen LogP contribution in [0.3, 0.4) is 0 Å². The molecule has 0 unspecified atom stereocenters. The first kappa shape index (κ1) is 13.3. The number of hydrogen-bond donors (Lipinski definition) is 4. The van der Waals surface area contributed by atoms with Gasteiger partial charge in [0.1, 0.15) is 5.75 Å². The molecule has 2 aromatic rings. The van der Waals surface area contributed by atoms with Gasteiger partial charge in [-0.1, -0.05) is 24.3 Å². The number of hydrogen-bond acceptors (Lipinski definition) is 5. The van der Waals surface area contributed by atoms with Crippen LogP contribution in [-0.2, 0) is 0 Å². The first-order valence-electron chi connectivity index (χ1n) is 6.68. The molecule has 1 aliphatic rings. The van der Waals surface area contributed by atoms with Gasteiger partial charge in [-0.15, -0.1) is 0 Å². The van der Waals surface area contributed by atoms with Crippen molar-refractivity contribution in [2.45, 2.75) is 0 Å². The lowest BCUT2D eigenvalue weighted by atomic mass is 9.82. The number of carbonyl (C=O) groups excluding carboxylic acids is 1. The van der Waals surface area contributed by atoms with Crippen LogP contribution in [-0.4, -0.2) is 29.7 Å². The second-order valence-electron chi connectivity index (χ2n) is 4.85. The summed E-state index contributed by atoms with van der Waals surface area (Å²) >= 11 is 0. The molecule has 0 fully saturated rings. The van der Waals surface area contributed by atoms with Crippen molar-refractivity contribution in [1.82, 2.24) is 0 Å². The highest BCUT2D eigenvalue weighted by atomic mass is 16.3. The first-order valence-corrected chi connectivity index (χ1v) is 6.68. The van der Waals surface area contributed by atoms with Gasteiger partial charge in [-0.3, -0.25) is 10.2 Å². The number of nitrogens with two attached hydrogens (primary N) is 1. The molecule has 5 nitrogen and oxygen atoms in total. The molecule has 21 heavy (non-hydrogen) atoms. The average Bonchev–Trinajstić information content (AvgIpc) is 2.51. The Morgan fingerprint density at radius 3 is 2.52 bits per heavy atom. The van der Waals surface area contributed by atoms with Crippen LogP contribution in [0.15, 0.2) is 36.4 Å². The minimum absolute atomic E-state index is 0.0591. The van der Waals surface area contributed by atoms with Crippen LogP contribution in [0.25, 0.3) is 0 Å². The molecule has 0 saturated heterocycles. The normalized spacial score (nSPS) is 12.8. The number of phenolic OH excluding ortho intramolecular Hbond substituents is 1. The Labute approximate surface area is 121 Å². The molecular formula is C16H15N3O2. The van der Waals surface area contributed by atoms with E-state index in [1.54, 1.807) is 30.3 Å². The summed E-state index contributed by atoms with van der Waals surface area (Å²) in [7, 11) is 0. The molecule has 0 atom stereocenters. The number of carbonyl (C=O) groups is 1. The standard InChI is InChI=1S/C16H15N3O2/c17-7-8-19-11-5-6-12(20)14-13(11)16(21)10-4-2-1-3-9(10)15(14)18/h1-6,18-20H,7-8,17H2.